The van der Waals surface area contributed by atoms with E-state index in [-0.39, 0.29) is 5.69 Å². The van der Waals surface area contributed by atoms with Crippen molar-refractivity contribution in [2.45, 2.75) is 0 Å². The number of imide groups is 1. The minimum absolute atomic E-state index is 0.114. The molecule has 3 N–H and O–H groups in total. The van der Waals surface area contributed by atoms with Crippen molar-refractivity contribution in [3.05, 3.63) is 27.9 Å². The fourth-order valence-corrected chi connectivity index (χ4v) is 2.77. The SMILES string of the molecule is NC(=O)NC(=O)COC(=O)c1csc(-c2ccsc2)n1. The van der Waals surface area contributed by atoms with Gasteiger partial charge in [-0.1, -0.05) is 0 Å². The Morgan fingerprint density at radius 1 is 1.35 bits per heavy atom. The second-order valence-corrected chi connectivity index (χ2v) is 5.18. The van der Waals surface area contributed by atoms with E-state index < -0.39 is 24.5 Å². The van der Waals surface area contributed by atoms with Crippen molar-refractivity contribution in [3.63, 3.8) is 0 Å². The number of nitrogens with zero attached hydrogens (tertiary/aromatic N) is 1. The monoisotopic (exact) mass is 311 g/mol. The van der Waals surface area contributed by atoms with Crippen LogP contribution in [0.1, 0.15) is 10.5 Å². The molecule has 2 heterocycles. The van der Waals surface area contributed by atoms with Gasteiger partial charge in [0.2, 0.25) is 0 Å². The lowest BCUT2D eigenvalue weighted by Gasteiger charge is -2.01. The van der Waals surface area contributed by atoms with Crippen molar-refractivity contribution in [2.24, 2.45) is 5.73 Å². The van der Waals surface area contributed by atoms with Crippen molar-refractivity contribution in [1.29, 1.82) is 0 Å². The summed E-state index contributed by atoms with van der Waals surface area (Å²) in [7, 11) is 0. The number of nitrogens with one attached hydrogen (secondary N) is 1. The molecule has 0 saturated carbocycles. The van der Waals surface area contributed by atoms with E-state index in [1.807, 2.05) is 16.8 Å². The molecule has 9 heteroatoms. The first-order valence-electron chi connectivity index (χ1n) is 5.31. The number of hydrogen-bond acceptors (Lipinski definition) is 7. The highest BCUT2D eigenvalue weighted by molar-refractivity contribution is 7.14. The fraction of sp³-hybridized carbons (Fsp3) is 0.0909. The van der Waals surface area contributed by atoms with Gasteiger partial charge >= 0.3 is 12.0 Å². The molecule has 0 saturated heterocycles. The molecular weight excluding hydrogens is 302 g/mol. The van der Waals surface area contributed by atoms with Gasteiger partial charge in [0, 0.05) is 16.3 Å². The summed E-state index contributed by atoms with van der Waals surface area (Å²) < 4.78 is 4.71. The highest BCUT2D eigenvalue weighted by atomic mass is 32.1. The summed E-state index contributed by atoms with van der Waals surface area (Å²) in [6, 6.07) is 0.887. The molecule has 2 aromatic heterocycles. The highest BCUT2D eigenvalue weighted by Crippen LogP contribution is 2.25. The molecule has 0 aromatic carbocycles. The predicted molar refractivity (Wildman–Crippen MR) is 73.4 cm³/mol. The van der Waals surface area contributed by atoms with Crippen LogP contribution in [0.4, 0.5) is 4.79 Å². The van der Waals surface area contributed by atoms with Gasteiger partial charge in [0.1, 0.15) is 5.01 Å². The van der Waals surface area contributed by atoms with Crippen molar-refractivity contribution < 1.29 is 19.1 Å². The lowest BCUT2D eigenvalue weighted by atomic mass is 10.3. The summed E-state index contributed by atoms with van der Waals surface area (Å²) in [5.74, 6) is -1.53. The van der Waals surface area contributed by atoms with E-state index in [1.165, 1.54) is 22.7 Å². The average Bonchev–Trinajstić information content (AvgIpc) is 3.04. The number of carbonyl (C=O) groups is 3. The van der Waals surface area contributed by atoms with Crippen LogP contribution in [0.5, 0.6) is 0 Å². The largest absolute Gasteiger partial charge is 0.451 e. The van der Waals surface area contributed by atoms with Gasteiger partial charge in [-0.05, 0) is 11.4 Å². The first kappa shape index (κ1) is 14.2. The molecule has 2 aromatic rings. The molecule has 7 nitrogen and oxygen atoms in total. The number of urea groups is 1. The Kier molecular flexibility index (Phi) is 4.43. The second kappa shape index (κ2) is 6.26. The van der Waals surface area contributed by atoms with E-state index in [0.29, 0.717) is 5.01 Å². The number of hydrogen-bond donors (Lipinski definition) is 2. The van der Waals surface area contributed by atoms with Crippen LogP contribution in [0.2, 0.25) is 0 Å². The van der Waals surface area contributed by atoms with Gasteiger partial charge in [-0.2, -0.15) is 11.3 Å². The van der Waals surface area contributed by atoms with Gasteiger partial charge in [0.15, 0.2) is 12.3 Å². The van der Waals surface area contributed by atoms with E-state index in [1.54, 1.807) is 10.7 Å². The molecule has 0 spiro atoms. The maximum Gasteiger partial charge on any atom is 0.358 e. The Morgan fingerprint density at radius 2 is 2.15 bits per heavy atom. The standard InChI is InChI=1S/C11H9N3O4S2/c12-11(17)14-8(15)3-18-10(16)7-5-20-9(13-7)6-1-2-19-4-6/h1-2,4-5H,3H2,(H3,12,14,15,17). The van der Waals surface area contributed by atoms with E-state index in [9.17, 15) is 14.4 Å². The number of esters is 1. The number of carbonyl (C=O) groups excluding carboxylic acids is 3. The van der Waals surface area contributed by atoms with Crippen LogP contribution in [-0.2, 0) is 9.53 Å². The molecule has 20 heavy (non-hydrogen) atoms. The molecule has 0 aliphatic rings. The second-order valence-electron chi connectivity index (χ2n) is 3.54. The number of aromatic nitrogens is 1. The van der Waals surface area contributed by atoms with Crippen LogP contribution in [0, 0.1) is 0 Å². The third-order valence-electron chi connectivity index (χ3n) is 2.08. The fourth-order valence-electron chi connectivity index (χ4n) is 1.26. The molecular formula is C11H9N3O4S2. The maximum atomic E-state index is 11.6. The zero-order valence-corrected chi connectivity index (χ0v) is 11.6. The molecule has 0 fully saturated rings. The zero-order chi connectivity index (χ0) is 14.5. The molecule has 0 radical (unpaired) electrons. The average molecular weight is 311 g/mol. The summed E-state index contributed by atoms with van der Waals surface area (Å²) in [6.45, 7) is -0.590. The molecule has 104 valence electrons. The maximum absolute atomic E-state index is 11.6. The molecule has 2 rings (SSSR count). The predicted octanol–water partition coefficient (Wildman–Crippen LogP) is 1.22. The van der Waals surface area contributed by atoms with Gasteiger partial charge in [-0.15, -0.1) is 11.3 Å². The van der Waals surface area contributed by atoms with Crippen molar-refractivity contribution >= 4 is 40.6 Å². The number of amides is 3. The van der Waals surface area contributed by atoms with Crippen molar-refractivity contribution in [1.82, 2.24) is 10.3 Å². The topological polar surface area (TPSA) is 111 Å². The van der Waals surface area contributed by atoms with Gasteiger partial charge in [0.05, 0.1) is 0 Å². The first-order chi connectivity index (χ1) is 9.56. The Labute approximate surface area is 121 Å². The molecule has 0 unspecified atom stereocenters. The Balaban J connectivity index is 1.93. The highest BCUT2D eigenvalue weighted by Gasteiger charge is 2.15. The summed E-state index contributed by atoms with van der Waals surface area (Å²) in [6.07, 6.45) is 0. The Bertz CT molecular complexity index is 636. The summed E-state index contributed by atoms with van der Waals surface area (Å²) >= 11 is 2.83. The lowest BCUT2D eigenvalue weighted by molar-refractivity contribution is -0.123. The Morgan fingerprint density at radius 3 is 2.80 bits per heavy atom. The molecule has 0 atom stereocenters. The number of primary amides is 1. The molecule has 0 aliphatic heterocycles. The minimum Gasteiger partial charge on any atom is -0.451 e. The minimum atomic E-state index is -1.00. The van der Waals surface area contributed by atoms with Crippen LogP contribution in [0.15, 0.2) is 22.2 Å². The summed E-state index contributed by atoms with van der Waals surface area (Å²) in [4.78, 5) is 37.2. The van der Waals surface area contributed by atoms with Crippen LogP contribution in [0.25, 0.3) is 10.6 Å². The number of thiophene rings is 1. The van der Waals surface area contributed by atoms with Crippen molar-refractivity contribution in [2.75, 3.05) is 6.61 Å². The van der Waals surface area contributed by atoms with Crippen LogP contribution in [0.3, 0.4) is 0 Å². The molecule has 3 amide bonds. The third-order valence-corrected chi connectivity index (χ3v) is 3.65. The van der Waals surface area contributed by atoms with Gasteiger partial charge in [-0.25, -0.2) is 14.6 Å². The van der Waals surface area contributed by atoms with Gasteiger partial charge < -0.3 is 10.5 Å². The Hall–Kier alpha value is -2.26. The zero-order valence-electron chi connectivity index (χ0n) is 9.99. The summed E-state index contributed by atoms with van der Waals surface area (Å²) in [5, 5.41) is 7.84. The van der Waals surface area contributed by atoms with Crippen LogP contribution >= 0.6 is 22.7 Å². The van der Waals surface area contributed by atoms with Crippen molar-refractivity contribution in [3.8, 4) is 10.6 Å². The molecule has 0 bridgehead atoms. The molecule has 0 aliphatic carbocycles. The van der Waals surface area contributed by atoms with Gasteiger partial charge in [-0.3, -0.25) is 10.1 Å². The van der Waals surface area contributed by atoms with Crippen LogP contribution < -0.4 is 11.1 Å². The van der Waals surface area contributed by atoms with Gasteiger partial charge in [0.25, 0.3) is 5.91 Å². The van der Waals surface area contributed by atoms with E-state index in [0.717, 1.165) is 5.56 Å². The van der Waals surface area contributed by atoms with E-state index in [2.05, 4.69) is 4.98 Å². The number of rotatable bonds is 4. The lowest BCUT2D eigenvalue weighted by Crippen LogP contribution is -2.37. The first-order valence-corrected chi connectivity index (χ1v) is 7.13. The number of thiazole rings is 1. The number of ether oxygens (including phenoxy) is 1. The van der Waals surface area contributed by atoms with E-state index in [4.69, 9.17) is 10.5 Å². The third kappa shape index (κ3) is 3.62. The summed E-state index contributed by atoms with van der Waals surface area (Å²) in [5.41, 5.74) is 5.78. The smallest absolute Gasteiger partial charge is 0.358 e. The van der Waals surface area contributed by atoms with Crippen LogP contribution in [-0.4, -0.2) is 29.5 Å². The quantitative estimate of drug-likeness (QED) is 0.825. The normalized spacial score (nSPS) is 10.0. The van der Waals surface area contributed by atoms with E-state index >= 15 is 0 Å². The number of nitrogens with two attached hydrogens (primary N) is 1.